The van der Waals surface area contributed by atoms with E-state index >= 15 is 0 Å². The van der Waals surface area contributed by atoms with Crippen LogP contribution in [0, 0.1) is 0 Å². The van der Waals surface area contributed by atoms with Gasteiger partial charge in [0, 0.05) is 25.7 Å². The maximum atomic E-state index is 12.6. The summed E-state index contributed by atoms with van der Waals surface area (Å²) in [4.78, 5) is 17.6. The molecule has 0 unspecified atom stereocenters. The highest BCUT2D eigenvalue weighted by atomic mass is 32.2. The molecule has 0 bridgehead atoms. The molecule has 26 heavy (non-hydrogen) atoms. The van der Waals surface area contributed by atoms with Crippen LogP contribution in [0.15, 0.2) is 41.4 Å². The third kappa shape index (κ3) is 3.80. The van der Waals surface area contributed by atoms with E-state index in [1.54, 1.807) is 35.4 Å². The molecular formula is C18H22N4O3S. The Morgan fingerprint density at radius 2 is 2.08 bits per heavy atom. The minimum Gasteiger partial charge on any atom is -0.384 e. The topological polar surface area (TPSA) is 91.4 Å². The number of hydrogen-bond acceptors (Lipinski definition) is 5. The molecule has 0 aliphatic carbocycles. The van der Waals surface area contributed by atoms with E-state index in [2.05, 4.69) is 21.9 Å². The van der Waals surface area contributed by atoms with Gasteiger partial charge in [-0.2, -0.15) is 0 Å². The van der Waals surface area contributed by atoms with E-state index in [9.17, 15) is 13.2 Å². The Morgan fingerprint density at radius 1 is 1.27 bits per heavy atom. The van der Waals surface area contributed by atoms with Crippen molar-refractivity contribution in [1.82, 2.24) is 4.98 Å². The van der Waals surface area contributed by atoms with E-state index in [0.717, 1.165) is 29.9 Å². The van der Waals surface area contributed by atoms with Crippen LogP contribution in [0.25, 0.3) is 0 Å². The molecule has 0 radical (unpaired) electrons. The number of fused-ring (bicyclic) bond motifs is 1. The predicted octanol–water partition coefficient (Wildman–Crippen LogP) is 2.61. The Hall–Kier alpha value is -2.61. The Balaban J connectivity index is 1.77. The van der Waals surface area contributed by atoms with E-state index in [4.69, 9.17) is 0 Å². The van der Waals surface area contributed by atoms with Crippen molar-refractivity contribution in [1.29, 1.82) is 0 Å². The van der Waals surface area contributed by atoms with Gasteiger partial charge in [0.1, 0.15) is 5.82 Å². The SMILES string of the molecule is CCCNc1ccc(NS(=O)(=O)c2ccc3c(c2)CCN3C(C)=O)nc1. The van der Waals surface area contributed by atoms with Crippen molar-refractivity contribution < 1.29 is 13.2 Å². The second-order valence-corrected chi connectivity index (χ2v) is 7.86. The van der Waals surface area contributed by atoms with E-state index in [1.165, 1.54) is 13.0 Å². The second-order valence-electron chi connectivity index (χ2n) is 6.18. The van der Waals surface area contributed by atoms with Gasteiger partial charge >= 0.3 is 0 Å². The Labute approximate surface area is 153 Å². The van der Waals surface area contributed by atoms with Crippen molar-refractivity contribution in [2.45, 2.75) is 31.6 Å². The molecule has 1 aromatic carbocycles. The third-order valence-electron chi connectivity index (χ3n) is 4.22. The highest BCUT2D eigenvalue weighted by Crippen LogP contribution is 2.30. The van der Waals surface area contributed by atoms with Crippen LogP contribution in [0.5, 0.6) is 0 Å². The summed E-state index contributed by atoms with van der Waals surface area (Å²) in [5.41, 5.74) is 2.48. The number of carbonyl (C=O) groups excluding carboxylic acids is 1. The number of pyridine rings is 1. The summed E-state index contributed by atoms with van der Waals surface area (Å²) in [5, 5.41) is 3.19. The summed E-state index contributed by atoms with van der Waals surface area (Å²) in [6, 6.07) is 8.23. The summed E-state index contributed by atoms with van der Waals surface area (Å²) in [6.07, 6.45) is 3.24. The molecule has 7 nitrogen and oxygen atoms in total. The molecular weight excluding hydrogens is 352 g/mol. The van der Waals surface area contributed by atoms with E-state index in [0.29, 0.717) is 13.0 Å². The van der Waals surface area contributed by atoms with Crippen LogP contribution in [-0.4, -0.2) is 32.4 Å². The summed E-state index contributed by atoms with van der Waals surface area (Å²) in [7, 11) is -3.74. The maximum Gasteiger partial charge on any atom is 0.263 e. The zero-order valence-electron chi connectivity index (χ0n) is 14.8. The molecule has 1 aromatic heterocycles. The zero-order valence-corrected chi connectivity index (χ0v) is 15.6. The molecule has 138 valence electrons. The minimum absolute atomic E-state index is 0.0431. The highest BCUT2D eigenvalue weighted by Gasteiger charge is 2.25. The standard InChI is InChI=1S/C18H22N4O3S/c1-3-9-19-15-4-7-18(20-12-15)21-26(24,25)16-5-6-17-14(11-16)8-10-22(17)13(2)23/h4-7,11-12,19H,3,8-10H2,1-2H3,(H,20,21). The summed E-state index contributed by atoms with van der Waals surface area (Å²) in [5.74, 6) is 0.219. The predicted molar refractivity (Wildman–Crippen MR) is 102 cm³/mol. The number of aromatic nitrogens is 1. The van der Waals surface area contributed by atoms with Gasteiger partial charge in [-0.3, -0.25) is 9.52 Å². The fourth-order valence-electron chi connectivity index (χ4n) is 2.90. The molecule has 1 aliphatic rings. The monoisotopic (exact) mass is 374 g/mol. The number of sulfonamides is 1. The third-order valence-corrected chi connectivity index (χ3v) is 5.57. The van der Waals surface area contributed by atoms with Gasteiger partial charge < -0.3 is 10.2 Å². The van der Waals surface area contributed by atoms with Gasteiger partial charge in [-0.05, 0) is 48.7 Å². The molecule has 3 rings (SSSR count). The lowest BCUT2D eigenvalue weighted by Gasteiger charge is -2.15. The number of hydrogen-bond donors (Lipinski definition) is 2. The first-order valence-electron chi connectivity index (χ1n) is 8.54. The lowest BCUT2D eigenvalue weighted by Crippen LogP contribution is -2.25. The van der Waals surface area contributed by atoms with Crippen LogP contribution < -0.4 is 14.9 Å². The molecule has 8 heteroatoms. The van der Waals surface area contributed by atoms with Crippen LogP contribution in [-0.2, 0) is 21.2 Å². The van der Waals surface area contributed by atoms with Crippen LogP contribution in [0.4, 0.5) is 17.2 Å². The van der Waals surface area contributed by atoms with Gasteiger partial charge in [0.2, 0.25) is 5.91 Å². The Kier molecular flexibility index (Phi) is 5.13. The molecule has 0 atom stereocenters. The Bertz CT molecular complexity index is 911. The molecule has 0 spiro atoms. The van der Waals surface area contributed by atoms with E-state index < -0.39 is 10.0 Å². The summed E-state index contributed by atoms with van der Waals surface area (Å²) < 4.78 is 27.7. The van der Waals surface area contributed by atoms with Gasteiger partial charge in [0.15, 0.2) is 0 Å². The van der Waals surface area contributed by atoms with Crippen LogP contribution in [0.2, 0.25) is 0 Å². The molecule has 1 aliphatic heterocycles. The van der Waals surface area contributed by atoms with Gasteiger partial charge in [-0.25, -0.2) is 13.4 Å². The number of anilines is 3. The fourth-order valence-corrected chi connectivity index (χ4v) is 3.96. The average Bonchev–Trinajstić information content (AvgIpc) is 3.04. The highest BCUT2D eigenvalue weighted by molar-refractivity contribution is 7.92. The van der Waals surface area contributed by atoms with Crippen molar-refractivity contribution >= 4 is 33.1 Å². The molecule has 2 N–H and O–H groups in total. The van der Waals surface area contributed by atoms with Crippen LogP contribution in [0.3, 0.4) is 0 Å². The molecule has 0 fully saturated rings. The van der Waals surface area contributed by atoms with Crippen molar-refractivity contribution in [3.05, 3.63) is 42.1 Å². The molecule has 0 saturated carbocycles. The maximum absolute atomic E-state index is 12.6. The number of benzene rings is 1. The van der Waals surface area contributed by atoms with Gasteiger partial charge in [-0.15, -0.1) is 0 Å². The second kappa shape index (κ2) is 7.33. The van der Waals surface area contributed by atoms with Crippen molar-refractivity contribution in [2.75, 3.05) is 28.0 Å². The normalized spacial score (nSPS) is 13.4. The Morgan fingerprint density at radius 3 is 2.73 bits per heavy atom. The van der Waals surface area contributed by atoms with Gasteiger partial charge in [0.05, 0.1) is 16.8 Å². The zero-order chi connectivity index (χ0) is 18.7. The van der Waals surface area contributed by atoms with Crippen molar-refractivity contribution in [3.63, 3.8) is 0 Å². The smallest absolute Gasteiger partial charge is 0.263 e. The van der Waals surface area contributed by atoms with Crippen LogP contribution in [0.1, 0.15) is 25.8 Å². The first-order chi connectivity index (χ1) is 12.4. The van der Waals surface area contributed by atoms with Crippen molar-refractivity contribution in [3.8, 4) is 0 Å². The molecule has 0 saturated heterocycles. The average molecular weight is 374 g/mol. The summed E-state index contributed by atoms with van der Waals surface area (Å²) in [6.45, 7) is 4.98. The van der Waals surface area contributed by atoms with Crippen LogP contribution >= 0.6 is 0 Å². The number of amides is 1. The number of nitrogens with one attached hydrogen (secondary N) is 2. The lowest BCUT2D eigenvalue weighted by molar-refractivity contribution is -0.116. The lowest BCUT2D eigenvalue weighted by atomic mass is 10.2. The largest absolute Gasteiger partial charge is 0.384 e. The van der Waals surface area contributed by atoms with E-state index in [-0.39, 0.29) is 16.6 Å². The molecule has 2 heterocycles. The minimum atomic E-state index is -3.74. The quantitative estimate of drug-likeness (QED) is 0.811. The first-order valence-corrected chi connectivity index (χ1v) is 10.0. The number of rotatable bonds is 6. The number of nitrogens with zero attached hydrogens (tertiary/aromatic N) is 2. The van der Waals surface area contributed by atoms with Crippen molar-refractivity contribution in [2.24, 2.45) is 0 Å². The summed E-state index contributed by atoms with van der Waals surface area (Å²) >= 11 is 0. The molecule has 2 aromatic rings. The van der Waals surface area contributed by atoms with E-state index in [1.807, 2.05) is 0 Å². The van der Waals surface area contributed by atoms with Gasteiger partial charge in [0.25, 0.3) is 10.0 Å². The molecule has 1 amide bonds. The fraction of sp³-hybridized carbons (Fsp3) is 0.333. The number of carbonyl (C=O) groups is 1. The van der Waals surface area contributed by atoms with Gasteiger partial charge in [-0.1, -0.05) is 6.92 Å². The first kappa shape index (κ1) is 18.2.